The molecule has 21 heavy (non-hydrogen) atoms. The van der Waals surface area contributed by atoms with Gasteiger partial charge < -0.3 is 0 Å². The van der Waals surface area contributed by atoms with Crippen molar-refractivity contribution >= 4 is 32.5 Å². The Kier molecular flexibility index (Phi) is 2.89. The number of hydrogen-bond acceptors (Lipinski definition) is 4. The molecule has 0 spiro atoms. The molecule has 6 heteroatoms. The van der Waals surface area contributed by atoms with E-state index in [0.29, 0.717) is 6.42 Å². The van der Waals surface area contributed by atoms with Gasteiger partial charge in [-0.2, -0.15) is 9.61 Å². The van der Waals surface area contributed by atoms with Crippen molar-refractivity contribution in [2.45, 2.75) is 6.42 Å². The maximum absolute atomic E-state index is 4.39. The van der Waals surface area contributed by atoms with Crippen LogP contribution in [0.1, 0.15) is 11.4 Å². The maximum Gasteiger partial charge on any atom is 0.177 e. The highest BCUT2D eigenvalue weighted by molar-refractivity contribution is 9.10. The Balaban J connectivity index is 1.77. The summed E-state index contributed by atoms with van der Waals surface area (Å²) in [5.74, 6) is 0.814. The van der Waals surface area contributed by atoms with Crippen molar-refractivity contribution in [3.05, 3.63) is 64.7 Å². The lowest BCUT2D eigenvalue weighted by Crippen LogP contribution is -2.00. The fourth-order valence-electron chi connectivity index (χ4n) is 2.34. The summed E-state index contributed by atoms with van der Waals surface area (Å²) in [5.41, 5.74) is 2.90. The number of halogens is 1. The lowest BCUT2D eigenvalue weighted by molar-refractivity contribution is 0.828. The number of pyridine rings is 1. The number of aromatic nitrogens is 5. The van der Waals surface area contributed by atoms with Crippen LogP contribution in [0.4, 0.5) is 0 Å². The van der Waals surface area contributed by atoms with Gasteiger partial charge in [-0.3, -0.25) is 4.98 Å². The highest BCUT2D eigenvalue weighted by Crippen LogP contribution is 2.16. The molecule has 0 N–H and O–H groups in total. The Hall–Kier alpha value is -2.34. The van der Waals surface area contributed by atoms with E-state index >= 15 is 0 Å². The van der Waals surface area contributed by atoms with Crippen molar-refractivity contribution in [3.63, 3.8) is 0 Å². The normalized spacial score (nSPS) is 11.3. The van der Waals surface area contributed by atoms with Crippen molar-refractivity contribution in [1.82, 2.24) is 24.8 Å². The summed E-state index contributed by atoms with van der Waals surface area (Å²) in [7, 11) is 0. The summed E-state index contributed by atoms with van der Waals surface area (Å²) in [6.07, 6.45) is 2.48. The Morgan fingerprint density at radius 3 is 2.95 bits per heavy atom. The number of benzene rings is 1. The largest absolute Gasteiger partial charge is 0.256 e. The minimum absolute atomic E-state index is 0.676. The molecule has 0 fully saturated rings. The van der Waals surface area contributed by atoms with Crippen LogP contribution in [0, 0.1) is 0 Å². The van der Waals surface area contributed by atoms with E-state index < -0.39 is 0 Å². The second kappa shape index (κ2) is 4.89. The smallest absolute Gasteiger partial charge is 0.177 e. The average molecular weight is 340 g/mol. The molecule has 1 aromatic carbocycles. The van der Waals surface area contributed by atoms with Gasteiger partial charge in [-0.15, -0.1) is 10.2 Å². The van der Waals surface area contributed by atoms with Gasteiger partial charge in [0.25, 0.3) is 0 Å². The fourth-order valence-corrected chi connectivity index (χ4v) is 2.63. The molecule has 4 rings (SSSR count). The first kappa shape index (κ1) is 12.4. The minimum Gasteiger partial charge on any atom is -0.256 e. The summed E-state index contributed by atoms with van der Waals surface area (Å²) in [6, 6.07) is 14.0. The van der Waals surface area contributed by atoms with Gasteiger partial charge in [0.15, 0.2) is 11.5 Å². The molecule has 4 aromatic rings. The summed E-state index contributed by atoms with van der Waals surface area (Å²) in [6.45, 7) is 0. The first-order valence-corrected chi connectivity index (χ1v) is 7.29. The molecular formula is C15H10BrN5. The molecule has 3 aromatic heterocycles. The zero-order chi connectivity index (χ0) is 14.2. The van der Waals surface area contributed by atoms with Gasteiger partial charge in [-0.25, -0.2) is 0 Å². The Morgan fingerprint density at radius 2 is 2.00 bits per heavy atom. The highest BCUT2D eigenvalue weighted by Gasteiger charge is 2.08. The Labute approximate surface area is 128 Å². The van der Waals surface area contributed by atoms with Crippen LogP contribution >= 0.6 is 15.9 Å². The summed E-state index contributed by atoms with van der Waals surface area (Å²) in [4.78, 5) is 4.33. The van der Waals surface area contributed by atoms with E-state index in [1.54, 1.807) is 10.7 Å². The van der Waals surface area contributed by atoms with Crippen LogP contribution in [-0.2, 0) is 6.42 Å². The van der Waals surface area contributed by atoms with Gasteiger partial charge in [-0.1, -0.05) is 12.1 Å². The van der Waals surface area contributed by atoms with Crippen LogP contribution in [0.5, 0.6) is 0 Å². The molecule has 0 radical (unpaired) electrons. The second-order valence-electron chi connectivity index (χ2n) is 4.75. The van der Waals surface area contributed by atoms with Crippen LogP contribution in [0.25, 0.3) is 16.6 Å². The third kappa shape index (κ3) is 2.27. The highest BCUT2D eigenvalue weighted by atomic mass is 79.9. The topological polar surface area (TPSA) is 56.0 Å². The molecule has 0 unspecified atom stereocenters. The standard InChI is InChI=1S/C15H10BrN5/c16-13-5-6-14-18-19-15(21(14)20-13)9-10-3-4-12-11(8-10)2-1-7-17-12/h1-8H,9H2. The van der Waals surface area contributed by atoms with Crippen molar-refractivity contribution < 1.29 is 0 Å². The molecule has 0 amide bonds. The second-order valence-corrected chi connectivity index (χ2v) is 5.56. The maximum atomic E-state index is 4.39. The summed E-state index contributed by atoms with van der Waals surface area (Å²) in [5, 5.41) is 13.9. The quantitative estimate of drug-likeness (QED) is 0.563. The van der Waals surface area contributed by atoms with E-state index in [-0.39, 0.29) is 0 Å². The van der Waals surface area contributed by atoms with Gasteiger partial charge in [0.2, 0.25) is 0 Å². The molecule has 102 valence electrons. The van der Waals surface area contributed by atoms with E-state index in [9.17, 15) is 0 Å². The fraction of sp³-hybridized carbons (Fsp3) is 0.0667. The van der Waals surface area contributed by atoms with Crippen LogP contribution in [0.2, 0.25) is 0 Å². The van der Waals surface area contributed by atoms with Gasteiger partial charge in [0.05, 0.1) is 5.52 Å². The number of fused-ring (bicyclic) bond motifs is 2. The monoisotopic (exact) mass is 339 g/mol. The van der Waals surface area contributed by atoms with Crippen molar-refractivity contribution in [2.75, 3.05) is 0 Å². The summed E-state index contributed by atoms with van der Waals surface area (Å²) >= 11 is 3.37. The number of nitrogens with zero attached hydrogens (tertiary/aromatic N) is 5. The van der Waals surface area contributed by atoms with Crippen molar-refractivity contribution in [2.24, 2.45) is 0 Å². The number of rotatable bonds is 2. The van der Waals surface area contributed by atoms with E-state index in [1.807, 2.05) is 24.3 Å². The first-order chi connectivity index (χ1) is 10.3. The van der Waals surface area contributed by atoms with E-state index in [1.165, 1.54) is 0 Å². The third-order valence-corrected chi connectivity index (χ3v) is 3.75. The molecule has 3 heterocycles. The Bertz CT molecular complexity index is 947. The number of hydrogen-bond donors (Lipinski definition) is 0. The third-order valence-electron chi connectivity index (χ3n) is 3.32. The molecule has 0 atom stereocenters. The molecule has 0 aliphatic rings. The van der Waals surface area contributed by atoms with Crippen LogP contribution in [-0.4, -0.2) is 24.8 Å². The summed E-state index contributed by atoms with van der Waals surface area (Å²) < 4.78 is 2.52. The van der Waals surface area contributed by atoms with E-state index in [0.717, 1.165) is 32.5 Å². The van der Waals surface area contributed by atoms with Crippen LogP contribution < -0.4 is 0 Å². The SMILES string of the molecule is Brc1ccc2nnc(Cc3ccc4ncccc4c3)n2n1. The molecular weight excluding hydrogens is 330 g/mol. The lowest BCUT2D eigenvalue weighted by Gasteiger charge is -2.02. The molecule has 0 bridgehead atoms. The zero-order valence-electron chi connectivity index (χ0n) is 10.9. The van der Waals surface area contributed by atoms with Gasteiger partial charge >= 0.3 is 0 Å². The zero-order valence-corrected chi connectivity index (χ0v) is 12.5. The lowest BCUT2D eigenvalue weighted by atomic mass is 10.1. The Morgan fingerprint density at radius 1 is 1.05 bits per heavy atom. The average Bonchev–Trinajstić information content (AvgIpc) is 2.89. The molecule has 0 aliphatic heterocycles. The molecule has 0 saturated carbocycles. The van der Waals surface area contributed by atoms with Crippen molar-refractivity contribution in [3.8, 4) is 0 Å². The van der Waals surface area contributed by atoms with Crippen LogP contribution in [0.15, 0.2) is 53.3 Å². The van der Waals surface area contributed by atoms with Gasteiger partial charge in [-0.05, 0) is 51.8 Å². The molecule has 5 nitrogen and oxygen atoms in total. The van der Waals surface area contributed by atoms with Crippen LogP contribution in [0.3, 0.4) is 0 Å². The van der Waals surface area contributed by atoms with E-state index in [2.05, 4.69) is 54.4 Å². The molecule has 0 saturated heterocycles. The van der Waals surface area contributed by atoms with E-state index in [4.69, 9.17) is 0 Å². The minimum atomic E-state index is 0.676. The predicted octanol–water partition coefficient (Wildman–Crippen LogP) is 3.03. The molecule has 0 aliphatic carbocycles. The van der Waals surface area contributed by atoms with Gasteiger partial charge in [0, 0.05) is 18.0 Å². The predicted molar refractivity (Wildman–Crippen MR) is 83.0 cm³/mol. The first-order valence-electron chi connectivity index (χ1n) is 6.50. The van der Waals surface area contributed by atoms with Gasteiger partial charge in [0.1, 0.15) is 4.60 Å². The van der Waals surface area contributed by atoms with Crippen molar-refractivity contribution in [1.29, 1.82) is 0 Å².